The van der Waals surface area contributed by atoms with Gasteiger partial charge in [-0.05, 0) is 55.8 Å². The van der Waals surface area contributed by atoms with Crippen LogP contribution in [0.25, 0.3) is 0 Å². The van der Waals surface area contributed by atoms with Crippen LogP contribution in [0.5, 0.6) is 0 Å². The Labute approximate surface area is 117 Å². The molecule has 2 heteroatoms. The molecule has 0 amide bonds. The molecule has 1 saturated heterocycles. The molecule has 0 radical (unpaired) electrons. The van der Waals surface area contributed by atoms with Gasteiger partial charge in [0.25, 0.3) is 0 Å². The van der Waals surface area contributed by atoms with Gasteiger partial charge < -0.3 is 4.74 Å². The minimum Gasteiger partial charge on any atom is -0.465 e. The lowest BCUT2D eigenvalue weighted by Gasteiger charge is -2.59. The largest absolute Gasteiger partial charge is 0.465 e. The van der Waals surface area contributed by atoms with E-state index in [-0.39, 0.29) is 16.8 Å². The zero-order valence-corrected chi connectivity index (χ0v) is 13.0. The van der Waals surface area contributed by atoms with E-state index in [0.29, 0.717) is 17.4 Å². The van der Waals surface area contributed by atoms with Crippen LogP contribution < -0.4 is 0 Å². The molecule has 4 rings (SSSR count). The van der Waals surface area contributed by atoms with Crippen molar-refractivity contribution in [1.82, 2.24) is 0 Å². The smallest absolute Gasteiger partial charge is 0.312 e. The van der Waals surface area contributed by atoms with Crippen LogP contribution in [0.2, 0.25) is 0 Å². The van der Waals surface area contributed by atoms with Crippen LogP contribution in [-0.4, -0.2) is 12.6 Å². The number of carbonyl (C=O) groups excluding carboxylic acids is 1. The normalized spacial score (nSPS) is 46.4. The van der Waals surface area contributed by atoms with Crippen molar-refractivity contribution in [3.63, 3.8) is 0 Å². The highest BCUT2D eigenvalue weighted by molar-refractivity contribution is 5.79. The fourth-order valence-electron chi connectivity index (χ4n) is 6.70. The third-order valence-corrected chi connectivity index (χ3v) is 7.42. The van der Waals surface area contributed by atoms with Crippen molar-refractivity contribution in [3.8, 4) is 0 Å². The van der Waals surface area contributed by atoms with Gasteiger partial charge in [0.05, 0.1) is 12.0 Å². The molecule has 19 heavy (non-hydrogen) atoms. The van der Waals surface area contributed by atoms with Gasteiger partial charge in [-0.15, -0.1) is 0 Å². The maximum absolute atomic E-state index is 12.8. The maximum Gasteiger partial charge on any atom is 0.312 e. The zero-order valence-electron chi connectivity index (χ0n) is 13.0. The van der Waals surface area contributed by atoms with Gasteiger partial charge in [0, 0.05) is 5.41 Å². The van der Waals surface area contributed by atoms with Crippen molar-refractivity contribution in [1.29, 1.82) is 0 Å². The van der Waals surface area contributed by atoms with Crippen molar-refractivity contribution < 1.29 is 9.53 Å². The summed E-state index contributed by atoms with van der Waals surface area (Å²) >= 11 is 0. The molecule has 4 fully saturated rings. The summed E-state index contributed by atoms with van der Waals surface area (Å²) in [6.45, 7) is 9.72. The third-order valence-electron chi connectivity index (χ3n) is 7.42. The number of cyclic esters (lactones) is 1. The average Bonchev–Trinajstić information content (AvgIpc) is 2.80. The molecule has 4 aliphatic rings. The maximum atomic E-state index is 12.8. The number of hydrogen-bond acceptors (Lipinski definition) is 2. The number of ether oxygens (including phenoxy) is 1. The SMILES string of the molecule is CCC12CC3(COC(=O)C(CC)(CC)C1(CC)C3)C2. The van der Waals surface area contributed by atoms with E-state index in [1.54, 1.807) is 0 Å². The second kappa shape index (κ2) is 3.77. The van der Waals surface area contributed by atoms with E-state index in [1.807, 2.05) is 0 Å². The molecule has 3 saturated carbocycles. The van der Waals surface area contributed by atoms with Crippen molar-refractivity contribution in [3.05, 3.63) is 0 Å². The van der Waals surface area contributed by atoms with Crippen LogP contribution >= 0.6 is 0 Å². The first-order chi connectivity index (χ1) is 8.99. The lowest BCUT2D eigenvalue weighted by molar-refractivity contribution is -0.191. The molecular weight excluding hydrogens is 236 g/mol. The first-order valence-corrected chi connectivity index (χ1v) is 8.16. The Bertz CT molecular complexity index is 401. The Morgan fingerprint density at radius 3 is 2.05 bits per heavy atom. The summed E-state index contributed by atoms with van der Waals surface area (Å²) < 4.78 is 5.75. The van der Waals surface area contributed by atoms with E-state index in [2.05, 4.69) is 27.7 Å². The molecule has 3 bridgehead atoms. The van der Waals surface area contributed by atoms with Gasteiger partial charge in [-0.1, -0.05) is 27.7 Å². The molecule has 3 aliphatic carbocycles. The van der Waals surface area contributed by atoms with E-state index in [0.717, 1.165) is 19.3 Å². The van der Waals surface area contributed by atoms with Crippen LogP contribution in [0, 0.1) is 21.7 Å². The van der Waals surface area contributed by atoms with Gasteiger partial charge in [0.2, 0.25) is 0 Å². The highest BCUT2D eigenvalue weighted by Crippen LogP contribution is 2.83. The standard InChI is InChI=1S/C17H28O2/c1-5-15-9-14(10-15)11-17(15,8-4)16(6-2,7-3)13(18)19-12-14/h5-12H2,1-4H3. The third kappa shape index (κ3) is 1.18. The summed E-state index contributed by atoms with van der Waals surface area (Å²) in [5, 5.41) is 0. The highest BCUT2D eigenvalue weighted by atomic mass is 16.5. The summed E-state index contributed by atoms with van der Waals surface area (Å²) in [4.78, 5) is 12.8. The first-order valence-electron chi connectivity index (χ1n) is 8.16. The van der Waals surface area contributed by atoms with E-state index in [4.69, 9.17) is 4.74 Å². The topological polar surface area (TPSA) is 26.3 Å². The summed E-state index contributed by atoms with van der Waals surface area (Å²) in [5.41, 5.74) is 0.735. The highest BCUT2D eigenvalue weighted by Gasteiger charge is 2.79. The fraction of sp³-hybridized carbons (Fsp3) is 0.941. The summed E-state index contributed by atoms with van der Waals surface area (Å²) in [6, 6.07) is 0. The van der Waals surface area contributed by atoms with E-state index in [9.17, 15) is 4.79 Å². The Morgan fingerprint density at radius 1 is 0.947 bits per heavy atom. The molecule has 0 aromatic rings. The minimum absolute atomic E-state index is 0.110. The van der Waals surface area contributed by atoms with Crippen molar-refractivity contribution in [2.75, 3.05) is 6.61 Å². The summed E-state index contributed by atoms with van der Waals surface area (Å²) in [5.74, 6) is 0.110. The van der Waals surface area contributed by atoms with Crippen molar-refractivity contribution in [2.45, 2.75) is 72.6 Å². The second-order valence-electron chi connectivity index (χ2n) is 7.47. The molecular formula is C17H28O2. The quantitative estimate of drug-likeness (QED) is 0.707. The van der Waals surface area contributed by atoms with Crippen LogP contribution in [-0.2, 0) is 9.53 Å². The van der Waals surface area contributed by atoms with Gasteiger partial charge in [-0.3, -0.25) is 4.79 Å². The number of esters is 1. The Kier molecular flexibility index (Phi) is 2.67. The first kappa shape index (κ1) is 13.5. The number of hydrogen-bond donors (Lipinski definition) is 0. The second-order valence-corrected chi connectivity index (χ2v) is 7.47. The molecule has 108 valence electrons. The molecule has 1 unspecified atom stereocenters. The van der Waals surface area contributed by atoms with Gasteiger partial charge in [-0.2, -0.15) is 0 Å². The van der Waals surface area contributed by atoms with E-state index < -0.39 is 0 Å². The Balaban J connectivity index is 2.19. The van der Waals surface area contributed by atoms with Crippen molar-refractivity contribution in [2.24, 2.45) is 21.7 Å². The molecule has 1 heterocycles. The summed E-state index contributed by atoms with van der Waals surface area (Å²) in [7, 11) is 0. The zero-order chi connectivity index (χ0) is 13.9. The molecule has 0 aromatic carbocycles. The molecule has 1 aliphatic heterocycles. The van der Waals surface area contributed by atoms with E-state index >= 15 is 0 Å². The molecule has 0 aromatic heterocycles. The molecule has 1 spiro atoms. The van der Waals surface area contributed by atoms with Crippen LogP contribution in [0.3, 0.4) is 0 Å². The van der Waals surface area contributed by atoms with Gasteiger partial charge in [-0.25, -0.2) is 0 Å². The lowest BCUT2D eigenvalue weighted by atomic mass is 9.46. The Morgan fingerprint density at radius 2 is 1.58 bits per heavy atom. The Hall–Kier alpha value is -0.530. The average molecular weight is 264 g/mol. The predicted octanol–water partition coefficient (Wildman–Crippen LogP) is 4.33. The van der Waals surface area contributed by atoms with E-state index in [1.165, 1.54) is 25.7 Å². The van der Waals surface area contributed by atoms with Crippen LogP contribution in [0.4, 0.5) is 0 Å². The molecule has 2 nitrogen and oxygen atoms in total. The lowest BCUT2D eigenvalue weighted by Crippen LogP contribution is -2.57. The van der Waals surface area contributed by atoms with Gasteiger partial charge >= 0.3 is 5.97 Å². The van der Waals surface area contributed by atoms with Crippen LogP contribution in [0.15, 0.2) is 0 Å². The van der Waals surface area contributed by atoms with Gasteiger partial charge in [0.15, 0.2) is 0 Å². The van der Waals surface area contributed by atoms with Gasteiger partial charge in [0.1, 0.15) is 0 Å². The summed E-state index contributed by atoms with van der Waals surface area (Å²) in [6.07, 6.45) is 8.09. The molecule has 0 N–H and O–H groups in total. The minimum atomic E-state index is -0.230. The number of carbonyl (C=O) groups is 1. The predicted molar refractivity (Wildman–Crippen MR) is 75.7 cm³/mol. The molecule has 1 atom stereocenters. The van der Waals surface area contributed by atoms with Crippen molar-refractivity contribution >= 4 is 5.97 Å². The fourth-order valence-corrected chi connectivity index (χ4v) is 6.70. The monoisotopic (exact) mass is 264 g/mol. The van der Waals surface area contributed by atoms with Crippen LogP contribution in [0.1, 0.15) is 72.6 Å². The number of rotatable bonds is 4.